The van der Waals surface area contributed by atoms with Crippen molar-refractivity contribution in [3.8, 4) is 0 Å². The number of carbonyl (C=O) groups is 1. The number of nitrogens with one attached hydrogen (secondary N) is 1. The molecule has 0 radical (unpaired) electrons. The third-order valence-electron chi connectivity index (χ3n) is 1.95. The lowest BCUT2D eigenvalue weighted by Gasteiger charge is -2.05. The average Bonchev–Trinajstić information content (AvgIpc) is 2.20. The van der Waals surface area contributed by atoms with Gasteiger partial charge in [-0.2, -0.15) is 0 Å². The first-order chi connectivity index (χ1) is 7.13. The summed E-state index contributed by atoms with van der Waals surface area (Å²) in [6.07, 6.45) is -0.488. The van der Waals surface area contributed by atoms with Crippen molar-refractivity contribution < 1.29 is 13.9 Å². The van der Waals surface area contributed by atoms with E-state index in [0.29, 0.717) is 17.7 Å². The minimum atomic E-state index is -0.488. The molecule has 0 fully saturated rings. The Labute approximate surface area is 88.2 Å². The normalized spacial score (nSPS) is 9.80. The maximum absolute atomic E-state index is 13.1. The van der Waals surface area contributed by atoms with Gasteiger partial charge in [0.25, 0.3) is 0 Å². The SMILES string of the molecule is CCOC(=O)NCc1ccc(C)c(F)c1. The Morgan fingerprint density at radius 3 is 2.87 bits per heavy atom. The Morgan fingerprint density at radius 2 is 2.27 bits per heavy atom. The molecule has 1 N–H and O–H groups in total. The molecule has 0 aliphatic rings. The second kappa shape index (κ2) is 5.34. The molecule has 0 aromatic heterocycles. The van der Waals surface area contributed by atoms with Crippen LogP contribution in [0.1, 0.15) is 18.1 Å². The van der Waals surface area contributed by atoms with Gasteiger partial charge in [0.15, 0.2) is 0 Å². The molecule has 0 bridgehead atoms. The Kier molecular flexibility index (Phi) is 4.09. The fourth-order valence-electron chi connectivity index (χ4n) is 1.10. The van der Waals surface area contributed by atoms with Gasteiger partial charge in [0, 0.05) is 6.54 Å². The molecule has 15 heavy (non-hydrogen) atoms. The van der Waals surface area contributed by atoms with Crippen LogP contribution in [0.5, 0.6) is 0 Å². The Bertz CT molecular complexity index is 352. The summed E-state index contributed by atoms with van der Waals surface area (Å²) >= 11 is 0. The molecule has 0 spiro atoms. The van der Waals surface area contributed by atoms with Gasteiger partial charge in [-0.15, -0.1) is 0 Å². The van der Waals surface area contributed by atoms with Crippen molar-refractivity contribution in [3.63, 3.8) is 0 Å². The quantitative estimate of drug-likeness (QED) is 0.833. The summed E-state index contributed by atoms with van der Waals surface area (Å²) in [5.74, 6) is -0.266. The molecule has 0 heterocycles. The monoisotopic (exact) mass is 211 g/mol. The second-order valence-electron chi connectivity index (χ2n) is 3.16. The first-order valence-corrected chi connectivity index (χ1v) is 4.79. The number of ether oxygens (including phenoxy) is 1. The highest BCUT2D eigenvalue weighted by atomic mass is 19.1. The topological polar surface area (TPSA) is 38.3 Å². The number of rotatable bonds is 3. The number of hydrogen-bond acceptors (Lipinski definition) is 2. The van der Waals surface area contributed by atoms with Gasteiger partial charge < -0.3 is 10.1 Å². The third kappa shape index (κ3) is 3.58. The molecule has 0 unspecified atom stereocenters. The van der Waals surface area contributed by atoms with Gasteiger partial charge in [0.1, 0.15) is 5.82 Å². The van der Waals surface area contributed by atoms with Crippen LogP contribution in [-0.4, -0.2) is 12.7 Å². The van der Waals surface area contributed by atoms with Gasteiger partial charge in [0.2, 0.25) is 0 Å². The van der Waals surface area contributed by atoms with E-state index in [2.05, 4.69) is 10.1 Å². The minimum absolute atomic E-state index is 0.266. The second-order valence-corrected chi connectivity index (χ2v) is 3.16. The van der Waals surface area contributed by atoms with Crippen LogP contribution in [0.3, 0.4) is 0 Å². The molecule has 0 saturated heterocycles. The molecule has 0 aliphatic heterocycles. The van der Waals surface area contributed by atoms with Crippen molar-refractivity contribution in [2.75, 3.05) is 6.61 Å². The number of aryl methyl sites for hydroxylation is 1. The lowest BCUT2D eigenvalue weighted by Crippen LogP contribution is -2.23. The lowest BCUT2D eigenvalue weighted by atomic mass is 10.1. The summed E-state index contributed by atoms with van der Waals surface area (Å²) in [5.41, 5.74) is 1.31. The van der Waals surface area contributed by atoms with Crippen molar-refractivity contribution >= 4 is 6.09 Å². The first kappa shape index (κ1) is 11.5. The van der Waals surface area contributed by atoms with Crippen molar-refractivity contribution in [2.24, 2.45) is 0 Å². The van der Waals surface area contributed by atoms with E-state index in [4.69, 9.17) is 0 Å². The van der Waals surface area contributed by atoms with Crippen LogP contribution in [0.2, 0.25) is 0 Å². The third-order valence-corrected chi connectivity index (χ3v) is 1.95. The fraction of sp³-hybridized carbons (Fsp3) is 0.364. The highest BCUT2D eigenvalue weighted by molar-refractivity contribution is 5.67. The van der Waals surface area contributed by atoms with Crippen molar-refractivity contribution in [2.45, 2.75) is 20.4 Å². The van der Waals surface area contributed by atoms with Crippen LogP contribution >= 0.6 is 0 Å². The van der Waals surface area contributed by atoms with E-state index in [-0.39, 0.29) is 12.4 Å². The number of benzene rings is 1. The summed E-state index contributed by atoms with van der Waals surface area (Å²) in [6, 6.07) is 4.85. The highest BCUT2D eigenvalue weighted by Gasteiger charge is 2.02. The summed E-state index contributed by atoms with van der Waals surface area (Å²) in [6.45, 7) is 4.02. The number of halogens is 1. The number of hydrogen-bond donors (Lipinski definition) is 1. The summed E-state index contributed by atoms with van der Waals surface area (Å²) < 4.78 is 17.8. The van der Waals surface area contributed by atoms with Gasteiger partial charge >= 0.3 is 6.09 Å². The van der Waals surface area contributed by atoms with E-state index in [1.807, 2.05) is 0 Å². The van der Waals surface area contributed by atoms with Crippen LogP contribution in [-0.2, 0) is 11.3 Å². The summed E-state index contributed by atoms with van der Waals surface area (Å²) in [4.78, 5) is 10.9. The molecular formula is C11H14FNO2. The van der Waals surface area contributed by atoms with E-state index >= 15 is 0 Å². The largest absolute Gasteiger partial charge is 0.450 e. The van der Waals surface area contributed by atoms with E-state index < -0.39 is 6.09 Å². The Balaban J connectivity index is 2.51. The van der Waals surface area contributed by atoms with Crippen molar-refractivity contribution in [1.82, 2.24) is 5.32 Å². The van der Waals surface area contributed by atoms with Crippen LogP contribution in [0.25, 0.3) is 0 Å². The summed E-state index contributed by atoms with van der Waals surface area (Å²) in [7, 11) is 0. The van der Waals surface area contributed by atoms with Crippen molar-refractivity contribution in [3.05, 3.63) is 35.1 Å². The molecule has 0 saturated carbocycles. The van der Waals surface area contributed by atoms with Crippen LogP contribution in [0, 0.1) is 12.7 Å². The maximum Gasteiger partial charge on any atom is 0.407 e. The zero-order chi connectivity index (χ0) is 11.3. The Morgan fingerprint density at radius 1 is 1.53 bits per heavy atom. The maximum atomic E-state index is 13.1. The number of amides is 1. The zero-order valence-corrected chi connectivity index (χ0v) is 8.84. The van der Waals surface area contributed by atoms with Gasteiger partial charge in [-0.05, 0) is 31.0 Å². The van der Waals surface area contributed by atoms with E-state index in [9.17, 15) is 9.18 Å². The highest BCUT2D eigenvalue weighted by Crippen LogP contribution is 2.08. The van der Waals surface area contributed by atoms with E-state index in [0.717, 1.165) is 0 Å². The molecule has 3 nitrogen and oxygen atoms in total. The van der Waals surface area contributed by atoms with Crippen molar-refractivity contribution in [1.29, 1.82) is 0 Å². The fourth-order valence-corrected chi connectivity index (χ4v) is 1.10. The average molecular weight is 211 g/mol. The molecule has 1 aromatic rings. The first-order valence-electron chi connectivity index (χ1n) is 4.79. The number of alkyl carbamates (subject to hydrolysis) is 1. The van der Waals surface area contributed by atoms with Gasteiger partial charge in [-0.1, -0.05) is 12.1 Å². The van der Waals surface area contributed by atoms with Crippen LogP contribution in [0.15, 0.2) is 18.2 Å². The predicted molar refractivity (Wildman–Crippen MR) is 55.0 cm³/mol. The van der Waals surface area contributed by atoms with Gasteiger partial charge in [-0.3, -0.25) is 0 Å². The molecule has 82 valence electrons. The van der Waals surface area contributed by atoms with Crippen LogP contribution in [0.4, 0.5) is 9.18 Å². The molecule has 0 aliphatic carbocycles. The molecule has 0 atom stereocenters. The number of carbonyl (C=O) groups excluding carboxylic acids is 1. The van der Waals surface area contributed by atoms with Crippen LogP contribution < -0.4 is 5.32 Å². The standard InChI is InChI=1S/C11H14FNO2/c1-3-15-11(14)13-7-9-5-4-8(2)10(12)6-9/h4-6H,3,7H2,1-2H3,(H,13,14). The minimum Gasteiger partial charge on any atom is -0.450 e. The molecular weight excluding hydrogens is 197 g/mol. The lowest BCUT2D eigenvalue weighted by molar-refractivity contribution is 0.151. The molecule has 1 rings (SSSR count). The predicted octanol–water partition coefficient (Wildman–Crippen LogP) is 2.38. The summed E-state index contributed by atoms with van der Waals surface area (Å²) in [5, 5.41) is 2.52. The molecule has 4 heteroatoms. The molecule has 1 aromatic carbocycles. The zero-order valence-electron chi connectivity index (χ0n) is 8.84. The Hall–Kier alpha value is -1.58. The van der Waals surface area contributed by atoms with Gasteiger partial charge in [-0.25, -0.2) is 9.18 Å². The van der Waals surface area contributed by atoms with E-state index in [1.165, 1.54) is 6.07 Å². The smallest absolute Gasteiger partial charge is 0.407 e. The van der Waals surface area contributed by atoms with E-state index in [1.54, 1.807) is 26.0 Å². The molecule has 1 amide bonds. The van der Waals surface area contributed by atoms with Gasteiger partial charge in [0.05, 0.1) is 6.61 Å².